The van der Waals surface area contributed by atoms with E-state index in [2.05, 4.69) is 44.2 Å². The van der Waals surface area contributed by atoms with Gasteiger partial charge < -0.3 is 20.1 Å². The van der Waals surface area contributed by atoms with E-state index in [9.17, 15) is 4.79 Å². The van der Waals surface area contributed by atoms with Crippen molar-refractivity contribution in [3.63, 3.8) is 0 Å². The molecule has 1 aliphatic heterocycles. The lowest BCUT2D eigenvalue weighted by molar-refractivity contribution is -0.128. The molecule has 2 N–H and O–H groups in total. The highest BCUT2D eigenvalue weighted by molar-refractivity contribution is 14.0. The number of nitrogens with one attached hydrogen (secondary N) is 2. The van der Waals surface area contributed by atoms with Crippen molar-refractivity contribution in [2.45, 2.75) is 58.2 Å². The summed E-state index contributed by atoms with van der Waals surface area (Å²) >= 11 is 1.64. The first-order valence-electron chi connectivity index (χ1n) is 10.3. The van der Waals surface area contributed by atoms with Crippen molar-refractivity contribution in [3.05, 3.63) is 5.82 Å². The number of carbonyl (C=O) groups excluding carboxylic acids is 1. The monoisotopic (exact) mass is 537 g/mol. The van der Waals surface area contributed by atoms with E-state index in [1.807, 2.05) is 18.1 Å². The molecule has 2 rings (SSSR count). The molecule has 0 radical (unpaired) electrons. The second-order valence-corrected chi connectivity index (χ2v) is 8.19. The maximum absolute atomic E-state index is 12.2. The maximum atomic E-state index is 12.2. The van der Waals surface area contributed by atoms with Gasteiger partial charge in [0.15, 0.2) is 11.1 Å². The third-order valence-electron chi connectivity index (χ3n) is 4.57. The highest BCUT2D eigenvalue weighted by Gasteiger charge is 2.17. The molecular weight excluding hydrogens is 501 g/mol. The molecular formula is C19H36IN7OS. The molecule has 1 aromatic rings. The highest BCUT2D eigenvalue weighted by atomic mass is 127. The fraction of sp³-hybridized carbons (Fsp3) is 0.789. The lowest BCUT2D eigenvalue weighted by Crippen LogP contribution is -2.39. The molecule has 1 amide bonds. The van der Waals surface area contributed by atoms with Crippen LogP contribution in [0.2, 0.25) is 0 Å². The summed E-state index contributed by atoms with van der Waals surface area (Å²) in [4.78, 5) is 18.5. The Hall–Kier alpha value is -1.04. The summed E-state index contributed by atoms with van der Waals surface area (Å²) in [6.45, 7) is 10.9. The Morgan fingerprint density at radius 3 is 2.59 bits per heavy atom. The van der Waals surface area contributed by atoms with Crippen molar-refractivity contribution in [2.75, 3.05) is 39.0 Å². The topological polar surface area (TPSA) is 87.4 Å². The number of hydrogen-bond donors (Lipinski definition) is 2. The summed E-state index contributed by atoms with van der Waals surface area (Å²) in [5, 5.41) is 16.2. The molecule has 166 valence electrons. The zero-order chi connectivity index (χ0) is 20.4. The van der Waals surface area contributed by atoms with Crippen LogP contribution < -0.4 is 10.6 Å². The maximum Gasteiger partial charge on any atom is 0.244 e. The van der Waals surface area contributed by atoms with Gasteiger partial charge in [0.05, 0.1) is 0 Å². The minimum absolute atomic E-state index is 0. The van der Waals surface area contributed by atoms with Crippen molar-refractivity contribution < 1.29 is 4.79 Å². The zero-order valence-electron chi connectivity index (χ0n) is 18.1. The molecule has 29 heavy (non-hydrogen) atoms. The Morgan fingerprint density at radius 2 is 1.97 bits per heavy atom. The number of rotatable bonds is 10. The van der Waals surface area contributed by atoms with E-state index in [0.29, 0.717) is 11.9 Å². The van der Waals surface area contributed by atoms with Crippen LogP contribution in [0.5, 0.6) is 0 Å². The van der Waals surface area contributed by atoms with E-state index in [0.717, 1.165) is 69.4 Å². The summed E-state index contributed by atoms with van der Waals surface area (Å²) in [6, 6.07) is 0. The molecule has 0 saturated carbocycles. The summed E-state index contributed by atoms with van der Waals surface area (Å²) < 4.78 is 2.23. The van der Waals surface area contributed by atoms with Gasteiger partial charge in [0.25, 0.3) is 0 Å². The molecule has 0 aliphatic carbocycles. The van der Waals surface area contributed by atoms with Gasteiger partial charge in [0.1, 0.15) is 12.4 Å². The molecule has 0 aromatic carbocycles. The Labute approximate surface area is 196 Å². The van der Waals surface area contributed by atoms with Gasteiger partial charge >= 0.3 is 0 Å². The zero-order valence-corrected chi connectivity index (χ0v) is 21.3. The van der Waals surface area contributed by atoms with Crippen LogP contribution in [-0.2, 0) is 17.8 Å². The number of hydrogen-bond acceptors (Lipinski definition) is 5. The number of halogens is 1. The fourth-order valence-electron chi connectivity index (χ4n) is 3.21. The molecule has 2 heterocycles. The summed E-state index contributed by atoms with van der Waals surface area (Å²) in [5.41, 5.74) is 0. The number of thioether (sulfide) groups is 1. The van der Waals surface area contributed by atoms with E-state index in [4.69, 9.17) is 0 Å². The van der Waals surface area contributed by atoms with E-state index >= 15 is 0 Å². The van der Waals surface area contributed by atoms with E-state index in [1.165, 1.54) is 0 Å². The number of nitrogens with zero attached hydrogens (tertiary/aromatic N) is 5. The number of aryl methyl sites for hydroxylation is 1. The first kappa shape index (κ1) is 26.0. The molecule has 10 heteroatoms. The van der Waals surface area contributed by atoms with Crippen molar-refractivity contribution in [1.82, 2.24) is 30.3 Å². The molecule has 0 bridgehead atoms. The third kappa shape index (κ3) is 8.69. The van der Waals surface area contributed by atoms with Crippen LogP contribution in [0.3, 0.4) is 0 Å². The van der Waals surface area contributed by atoms with Crippen LogP contribution in [0.25, 0.3) is 0 Å². The van der Waals surface area contributed by atoms with Crippen LogP contribution in [0.4, 0.5) is 0 Å². The van der Waals surface area contributed by atoms with Gasteiger partial charge in [0.2, 0.25) is 5.91 Å². The number of guanidine groups is 1. The number of amides is 1. The van der Waals surface area contributed by atoms with Crippen molar-refractivity contribution >= 4 is 47.6 Å². The van der Waals surface area contributed by atoms with Gasteiger partial charge in [0, 0.05) is 39.1 Å². The first-order valence-corrected chi connectivity index (χ1v) is 11.5. The lowest BCUT2D eigenvalue weighted by Gasteiger charge is -2.15. The number of carbonyl (C=O) groups is 1. The SMILES string of the molecule is CCNC(=NCC(=O)N1CCCC1)NCCCc1nnc(SC)n1CC(C)C.I. The van der Waals surface area contributed by atoms with Gasteiger partial charge in [-0.15, -0.1) is 34.2 Å². The predicted octanol–water partition coefficient (Wildman–Crippen LogP) is 2.38. The summed E-state index contributed by atoms with van der Waals surface area (Å²) in [7, 11) is 0. The molecule has 0 unspecified atom stereocenters. The smallest absolute Gasteiger partial charge is 0.244 e. The molecule has 1 aliphatic rings. The lowest BCUT2D eigenvalue weighted by atomic mass is 10.2. The first-order chi connectivity index (χ1) is 13.5. The largest absolute Gasteiger partial charge is 0.357 e. The molecule has 1 saturated heterocycles. The van der Waals surface area contributed by atoms with Gasteiger partial charge in [-0.1, -0.05) is 25.6 Å². The van der Waals surface area contributed by atoms with Crippen molar-refractivity contribution in [3.8, 4) is 0 Å². The normalized spacial score (nSPS) is 14.2. The Bertz CT molecular complexity index is 645. The van der Waals surface area contributed by atoms with Gasteiger partial charge in [-0.05, 0) is 38.4 Å². The minimum atomic E-state index is 0. The van der Waals surface area contributed by atoms with Crippen LogP contribution >= 0.6 is 35.7 Å². The average molecular weight is 538 g/mol. The summed E-state index contributed by atoms with van der Waals surface area (Å²) in [5.74, 6) is 2.40. The fourth-order valence-corrected chi connectivity index (χ4v) is 3.73. The number of aliphatic imine (C=N–C) groups is 1. The van der Waals surface area contributed by atoms with Gasteiger partial charge in [-0.3, -0.25) is 4.79 Å². The number of likely N-dealkylation sites (tertiary alicyclic amines) is 1. The minimum Gasteiger partial charge on any atom is -0.357 e. The molecule has 1 aromatic heterocycles. The van der Waals surface area contributed by atoms with Crippen LogP contribution in [-0.4, -0.2) is 70.5 Å². The van der Waals surface area contributed by atoms with E-state index in [-0.39, 0.29) is 36.4 Å². The second kappa shape index (κ2) is 14.1. The van der Waals surface area contributed by atoms with E-state index in [1.54, 1.807) is 11.8 Å². The third-order valence-corrected chi connectivity index (χ3v) is 5.24. The van der Waals surface area contributed by atoms with Crippen LogP contribution in [0, 0.1) is 5.92 Å². The quantitative estimate of drug-likeness (QED) is 0.157. The number of aromatic nitrogens is 3. The molecule has 1 fully saturated rings. The summed E-state index contributed by atoms with van der Waals surface area (Å²) in [6.07, 6.45) is 6.03. The Kier molecular flexibility index (Phi) is 12.6. The molecule has 0 atom stereocenters. The van der Waals surface area contributed by atoms with Crippen LogP contribution in [0.15, 0.2) is 10.1 Å². The second-order valence-electron chi connectivity index (χ2n) is 7.42. The average Bonchev–Trinajstić information content (AvgIpc) is 3.33. The van der Waals surface area contributed by atoms with Gasteiger partial charge in [-0.2, -0.15) is 0 Å². The predicted molar refractivity (Wildman–Crippen MR) is 130 cm³/mol. The van der Waals surface area contributed by atoms with Crippen molar-refractivity contribution in [1.29, 1.82) is 0 Å². The molecule has 8 nitrogen and oxygen atoms in total. The van der Waals surface area contributed by atoms with Crippen LogP contribution in [0.1, 0.15) is 45.9 Å². The standard InChI is InChI=1S/C19H35N7OS.HI/c1-5-20-18(22-13-17(27)25-11-6-7-12-25)21-10-8-9-16-23-24-19(28-4)26(16)14-15(2)3;/h15H,5-14H2,1-4H3,(H2,20,21,22);1H. The highest BCUT2D eigenvalue weighted by Crippen LogP contribution is 2.16. The van der Waals surface area contributed by atoms with Crippen molar-refractivity contribution in [2.24, 2.45) is 10.9 Å². The van der Waals surface area contributed by atoms with E-state index < -0.39 is 0 Å². The Morgan fingerprint density at radius 1 is 1.24 bits per heavy atom. The molecule has 0 spiro atoms. The van der Waals surface area contributed by atoms with Gasteiger partial charge in [-0.25, -0.2) is 4.99 Å². The Balaban J connectivity index is 0.00000420.